The number of esters is 1. The molecule has 0 aromatic carbocycles. The molecular formula is C14H18N2O5. The summed E-state index contributed by atoms with van der Waals surface area (Å²) in [7, 11) is 0. The van der Waals surface area contributed by atoms with Crippen molar-refractivity contribution in [1.82, 2.24) is 5.32 Å². The minimum atomic E-state index is -0.759. The Morgan fingerprint density at radius 2 is 2.19 bits per heavy atom. The number of amides is 1. The van der Waals surface area contributed by atoms with Gasteiger partial charge in [0.15, 0.2) is 0 Å². The minimum Gasteiger partial charge on any atom is -0.472 e. The summed E-state index contributed by atoms with van der Waals surface area (Å²) in [5, 5.41) is 11.2. The lowest BCUT2D eigenvalue weighted by Gasteiger charge is -2.21. The van der Waals surface area contributed by atoms with Gasteiger partial charge in [0.25, 0.3) is 0 Å². The van der Waals surface area contributed by atoms with Crippen LogP contribution in [-0.2, 0) is 9.47 Å². The number of furan rings is 1. The smallest absolute Gasteiger partial charge is 0.407 e. The van der Waals surface area contributed by atoms with Gasteiger partial charge in [-0.2, -0.15) is 5.26 Å². The molecule has 0 aliphatic carbocycles. The van der Waals surface area contributed by atoms with Crippen LogP contribution in [0.2, 0.25) is 0 Å². The molecule has 1 N–H and O–H groups in total. The van der Waals surface area contributed by atoms with Crippen LogP contribution in [0.1, 0.15) is 37.6 Å². The number of carbonyl (C=O) groups is 2. The third-order valence-corrected chi connectivity index (χ3v) is 2.22. The Labute approximate surface area is 122 Å². The van der Waals surface area contributed by atoms with Gasteiger partial charge in [0.1, 0.15) is 18.0 Å². The molecule has 0 aliphatic heterocycles. The topological polar surface area (TPSA) is 102 Å². The molecule has 7 heteroatoms. The molecule has 1 aromatic rings. The molecule has 1 amide bonds. The number of nitriles is 1. The van der Waals surface area contributed by atoms with Gasteiger partial charge in [-0.05, 0) is 26.8 Å². The third-order valence-electron chi connectivity index (χ3n) is 2.22. The van der Waals surface area contributed by atoms with E-state index >= 15 is 0 Å². The fourth-order valence-electron chi connectivity index (χ4n) is 1.37. The molecule has 0 saturated carbocycles. The first-order valence-corrected chi connectivity index (χ1v) is 6.39. The van der Waals surface area contributed by atoms with Crippen LogP contribution in [-0.4, -0.2) is 30.3 Å². The van der Waals surface area contributed by atoms with Gasteiger partial charge in [0, 0.05) is 0 Å². The van der Waals surface area contributed by atoms with Crippen molar-refractivity contribution in [2.24, 2.45) is 0 Å². The number of hydrogen-bond acceptors (Lipinski definition) is 6. The lowest BCUT2D eigenvalue weighted by Crippen LogP contribution is -2.38. The molecule has 0 saturated heterocycles. The monoisotopic (exact) mass is 294 g/mol. The summed E-state index contributed by atoms with van der Waals surface area (Å²) in [6.07, 6.45) is 1.15. The molecule has 1 atom stereocenters. The highest BCUT2D eigenvalue weighted by Gasteiger charge is 2.20. The molecule has 7 nitrogen and oxygen atoms in total. The van der Waals surface area contributed by atoms with Gasteiger partial charge in [-0.1, -0.05) is 0 Å². The van der Waals surface area contributed by atoms with Crippen LogP contribution in [0, 0.1) is 11.3 Å². The van der Waals surface area contributed by atoms with Crippen LogP contribution < -0.4 is 5.32 Å². The summed E-state index contributed by atoms with van der Waals surface area (Å²) in [5.41, 5.74) is -0.377. The summed E-state index contributed by atoms with van der Waals surface area (Å²) in [6.45, 7) is 5.20. The highest BCUT2D eigenvalue weighted by atomic mass is 16.6. The van der Waals surface area contributed by atoms with Gasteiger partial charge in [-0.15, -0.1) is 0 Å². The number of alkyl carbamates (subject to hydrolysis) is 1. The van der Waals surface area contributed by atoms with E-state index < -0.39 is 23.8 Å². The zero-order chi connectivity index (χ0) is 15.9. The molecule has 0 fully saturated rings. The second-order valence-electron chi connectivity index (χ2n) is 5.28. The maximum Gasteiger partial charge on any atom is 0.407 e. The van der Waals surface area contributed by atoms with Gasteiger partial charge < -0.3 is 19.2 Å². The summed E-state index contributed by atoms with van der Waals surface area (Å²) >= 11 is 0. The van der Waals surface area contributed by atoms with Crippen LogP contribution in [0.25, 0.3) is 0 Å². The van der Waals surface area contributed by atoms with E-state index in [1.165, 1.54) is 18.6 Å². The van der Waals surface area contributed by atoms with Crippen molar-refractivity contribution in [3.05, 3.63) is 24.2 Å². The largest absolute Gasteiger partial charge is 0.472 e. The van der Waals surface area contributed by atoms with Gasteiger partial charge >= 0.3 is 12.1 Å². The second kappa shape index (κ2) is 7.33. The third kappa shape index (κ3) is 6.47. The van der Waals surface area contributed by atoms with Crippen molar-refractivity contribution in [2.75, 3.05) is 6.54 Å². The lowest BCUT2D eigenvalue weighted by atomic mass is 10.2. The van der Waals surface area contributed by atoms with Crippen LogP contribution in [0.4, 0.5) is 4.79 Å². The molecule has 0 unspecified atom stereocenters. The average molecular weight is 294 g/mol. The van der Waals surface area contributed by atoms with Crippen molar-refractivity contribution < 1.29 is 23.5 Å². The second-order valence-corrected chi connectivity index (χ2v) is 5.28. The average Bonchev–Trinajstić information content (AvgIpc) is 2.88. The van der Waals surface area contributed by atoms with Crippen LogP contribution in [0.15, 0.2) is 23.0 Å². The SMILES string of the molecule is CC(C)(C)OC(=O)NC[C@@H](CC#N)OC(=O)c1ccoc1. The Bertz CT molecular complexity index is 510. The number of ether oxygens (including phenoxy) is 2. The number of nitrogens with one attached hydrogen (secondary N) is 1. The van der Waals surface area contributed by atoms with E-state index in [0.717, 1.165) is 0 Å². The number of hydrogen-bond donors (Lipinski definition) is 1. The van der Waals surface area contributed by atoms with E-state index in [1.54, 1.807) is 20.8 Å². The first-order valence-electron chi connectivity index (χ1n) is 6.39. The van der Waals surface area contributed by atoms with Gasteiger partial charge in [0.05, 0.1) is 30.9 Å². The Balaban J connectivity index is 2.49. The van der Waals surface area contributed by atoms with Crippen LogP contribution in [0.3, 0.4) is 0 Å². The highest BCUT2D eigenvalue weighted by molar-refractivity contribution is 5.89. The fourth-order valence-corrected chi connectivity index (χ4v) is 1.37. The zero-order valence-electron chi connectivity index (χ0n) is 12.2. The maximum atomic E-state index is 11.7. The number of rotatable bonds is 5. The van der Waals surface area contributed by atoms with Crippen LogP contribution in [0.5, 0.6) is 0 Å². The Morgan fingerprint density at radius 1 is 1.48 bits per heavy atom. The predicted octanol–water partition coefficient (Wildman–Crippen LogP) is 2.24. The molecule has 21 heavy (non-hydrogen) atoms. The summed E-state index contributed by atoms with van der Waals surface area (Å²) in [5.74, 6) is -0.616. The highest BCUT2D eigenvalue weighted by Crippen LogP contribution is 2.08. The summed E-state index contributed by atoms with van der Waals surface area (Å²) < 4.78 is 15.0. The fraction of sp³-hybridized carbons (Fsp3) is 0.500. The van der Waals surface area contributed by atoms with E-state index in [9.17, 15) is 9.59 Å². The van der Waals surface area contributed by atoms with Crippen molar-refractivity contribution in [2.45, 2.75) is 38.9 Å². The maximum absolute atomic E-state index is 11.7. The Kier molecular flexibility index (Phi) is 5.79. The van der Waals surface area contributed by atoms with E-state index in [4.69, 9.17) is 19.2 Å². The van der Waals surface area contributed by atoms with Crippen molar-refractivity contribution >= 4 is 12.1 Å². The molecule has 0 bridgehead atoms. The molecule has 0 spiro atoms. The molecule has 1 heterocycles. The summed E-state index contributed by atoms with van der Waals surface area (Å²) in [4.78, 5) is 23.2. The number of carbonyl (C=O) groups excluding carboxylic acids is 2. The van der Waals surface area contributed by atoms with Crippen molar-refractivity contribution in [3.63, 3.8) is 0 Å². The van der Waals surface area contributed by atoms with E-state index in [1.807, 2.05) is 6.07 Å². The zero-order valence-corrected chi connectivity index (χ0v) is 12.2. The van der Waals surface area contributed by atoms with Crippen LogP contribution >= 0.6 is 0 Å². The first-order chi connectivity index (χ1) is 9.81. The van der Waals surface area contributed by atoms with E-state index in [2.05, 4.69) is 5.32 Å². The summed E-state index contributed by atoms with van der Waals surface area (Å²) in [6, 6.07) is 3.35. The Morgan fingerprint density at radius 3 is 2.71 bits per heavy atom. The molecule has 1 aromatic heterocycles. The molecular weight excluding hydrogens is 276 g/mol. The minimum absolute atomic E-state index is 0.00787. The van der Waals surface area contributed by atoms with Gasteiger partial charge in [0.2, 0.25) is 0 Å². The van der Waals surface area contributed by atoms with Crippen molar-refractivity contribution in [1.29, 1.82) is 5.26 Å². The quantitative estimate of drug-likeness (QED) is 0.836. The molecule has 114 valence electrons. The first kappa shape index (κ1) is 16.6. The van der Waals surface area contributed by atoms with E-state index in [-0.39, 0.29) is 18.5 Å². The Hall–Kier alpha value is -2.49. The van der Waals surface area contributed by atoms with E-state index in [0.29, 0.717) is 0 Å². The molecule has 1 rings (SSSR count). The van der Waals surface area contributed by atoms with Gasteiger partial charge in [-0.3, -0.25) is 0 Å². The lowest BCUT2D eigenvalue weighted by molar-refractivity contribution is 0.0263. The van der Waals surface area contributed by atoms with Gasteiger partial charge in [-0.25, -0.2) is 9.59 Å². The molecule has 0 radical (unpaired) electrons. The number of nitrogens with zero attached hydrogens (tertiary/aromatic N) is 1. The molecule has 0 aliphatic rings. The normalized spacial score (nSPS) is 12.1. The standard InChI is InChI=1S/C14H18N2O5/c1-14(2,3)21-13(18)16-8-11(4-6-15)20-12(17)10-5-7-19-9-10/h5,7,9,11H,4,8H2,1-3H3,(H,16,18)/t11-/m1/s1. The van der Waals surface area contributed by atoms with Crippen molar-refractivity contribution in [3.8, 4) is 6.07 Å². The predicted molar refractivity (Wildman–Crippen MR) is 72.4 cm³/mol.